The van der Waals surface area contributed by atoms with Crippen LogP contribution in [0.3, 0.4) is 0 Å². The van der Waals surface area contributed by atoms with Crippen molar-refractivity contribution in [3.63, 3.8) is 0 Å². The molecule has 150 valence electrons. The SMILES string of the molecule is CCc1c2c(=O)n(-c3nc4ccccc4s3)nc-2cc([O-])n1N1CCN(C)CC1. The summed E-state index contributed by atoms with van der Waals surface area (Å²) in [5.74, 6) is -0.146. The van der Waals surface area contributed by atoms with Crippen molar-refractivity contribution in [1.82, 2.24) is 24.3 Å². The van der Waals surface area contributed by atoms with E-state index in [2.05, 4.69) is 22.0 Å². The van der Waals surface area contributed by atoms with Gasteiger partial charge in [-0.1, -0.05) is 30.4 Å². The third-order valence-corrected chi connectivity index (χ3v) is 6.46. The molecule has 0 N–H and O–H groups in total. The fourth-order valence-corrected chi connectivity index (χ4v) is 4.84. The minimum Gasteiger partial charge on any atom is -0.859 e. The van der Waals surface area contributed by atoms with E-state index in [1.807, 2.05) is 36.2 Å². The van der Waals surface area contributed by atoms with Gasteiger partial charge in [-0.05, 0) is 37.5 Å². The summed E-state index contributed by atoms with van der Waals surface area (Å²) in [6.07, 6.45) is 0.569. The lowest BCUT2D eigenvalue weighted by molar-refractivity contribution is -0.279. The number of nitrogens with zero attached hydrogens (tertiary/aromatic N) is 6. The van der Waals surface area contributed by atoms with Crippen molar-refractivity contribution in [3.05, 3.63) is 46.4 Å². The van der Waals surface area contributed by atoms with Gasteiger partial charge in [0.15, 0.2) is 0 Å². The van der Waals surface area contributed by atoms with Gasteiger partial charge in [-0.15, -0.1) is 0 Å². The highest BCUT2D eigenvalue weighted by molar-refractivity contribution is 7.20. The van der Waals surface area contributed by atoms with Crippen molar-refractivity contribution < 1.29 is 5.11 Å². The van der Waals surface area contributed by atoms with Crippen LogP contribution in [-0.4, -0.2) is 57.6 Å². The number of hydrogen-bond donors (Lipinski definition) is 0. The highest BCUT2D eigenvalue weighted by Crippen LogP contribution is 2.29. The summed E-state index contributed by atoms with van der Waals surface area (Å²) in [5, 5.41) is 20.0. The first-order valence-corrected chi connectivity index (χ1v) is 10.5. The molecule has 1 saturated heterocycles. The van der Waals surface area contributed by atoms with Crippen molar-refractivity contribution in [2.24, 2.45) is 0 Å². The first-order valence-electron chi connectivity index (χ1n) is 9.71. The third-order valence-electron chi connectivity index (χ3n) is 5.44. The van der Waals surface area contributed by atoms with E-state index in [1.54, 1.807) is 4.68 Å². The minimum absolute atomic E-state index is 0.146. The van der Waals surface area contributed by atoms with Crippen LogP contribution < -0.4 is 15.7 Å². The first kappa shape index (κ1) is 18.1. The number of benzene rings is 1. The highest BCUT2D eigenvalue weighted by Gasteiger charge is 2.26. The van der Waals surface area contributed by atoms with Crippen molar-refractivity contribution in [2.75, 3.05) is 38.2 Å². The lowest BCUT2D eigenvalue weighted by atomic mass is 10.1. The molecule has 0 radical (unpaired) electrons. The minimum atomic E-state index is -0.223. The van der Waals surface area contributed by atoms with E-state index < -0.39 is 0 Å². The number of likely N-dealkylation sites (N-methyl/N-ethyl adjacent to an activating group) is 1. The predicted octanol–water partition coefficient (Wildman–Crippen LogP) is 1.27. The van der Waals surface area contributed by atoms with Crippen LogP contribution in [0.2, 0.25) is 0 Å². The number of para-hydroxylation sites is 1. The Morgan fingerprint density at radius 2 is 1.93 bits per heavy atom. The van der Waals surface area contributed by atoms with Crippen molar-refractivity contribution in [3.8, 4) is 22.3 Å². The predicted molar refractivity (Wildman–Crippen MR) is 112 cm³/mol. The van der Waals surface area contributed by atoms with Crippen molar-refractivity contribution in [2.45, 2.75) is 13.3 Å². The van der Waals surface area contributed by atoms with Gasteiger partial charge in [0.25, 0.3) is 5.56 Å². The Kier molecular flexibility index (Phi) is 4.29. The van der Waals surface area contributed by atoms with Crippen LogP contribution in [0.25, 0.3) is 26.6 Å². The maximum atomic E-state index is 13.3. The second-order valence-corrected chi connectivity index (χ2v) is 8.30. The Bertz CT molecular complexity index is 1180. The average molecular weight is 409 g/mol. The summed E-state index contributed by atoms with van der Waals surface area (Å²) in [6, 6.07) is 9.22. The smallest absolute Gasteiger partial charge is 0.284 e. The molecule has 1 aromatic carbocycles. The molecule has 1 aromatic heterocycles. The van der Waals surface area contributed by atoms with Crippen LogP contribution in [0, 0.1) is 0 Å². The van der Waals surface area contributed by atoms with Crippen LogP contribution in [0.15, 0.2) is 35.1 Å². The molecular weight excluding hydrogens is 388 g/mol. The van der Waals surface area contributed by atoms with E-state index in [0.29, 0.717) is 22.8 Å². The largest absolute Gasteiger partial charge is 0.859 e. The van der Waals surface area contributed by atoms with Gasteiger partial charge in [0.2, 0.25) is 5.13 Å². The number of fused-ring (bicyclic) bond motifs is 2. The Morgan fingerprint density at radius 3 is 2.66 bits per heavy atom. The maximum absolute atomic E-state index is 13.3. The van der Waals surface area contributed by atoms with Gasteiger partial charge >= 0.3 is 0 Å². The van der Waals surface area contributed by atoms with Gasteiger partial charge in [0.1, 0.15) is 0 Å². The second kappa shape index (κ2) is 6.85. The molecule has 0 amide bonds. The molecule has 2 aromatic rings. The molecule has 29 heavy (non-hydrogen) atoms. The summed E-state index contributed by atoms with van der Waals surface area (Å²) in [4.78, 5) is 20.1. The number of aromatic nitrogens is 4. The van der Waals surface area contributed by atoms with Gasteiger partial charge in [-0.25, -0.2) is 4.98 Å². The first-order chi connectivity index (χ1) is 14.1. The summed E-state index contributed by atoms with van der Waals surface area (Å²) in [5.41, 5.74) is 2.26. The van der Waals surface area contributed by atoms with Crippen LogP contribution in [0.1, 0.15) is 12.6 Å². The summed E-state index contributed by atoms with van der Waals surface area (Å²) < 4.78 is 4.01. The summed E-state index contributed by atoms with van der Waals surface area (Å²) >= 11 is 1.42. The molecule has 8 nitrogen and oxygen atoms in total. The molecule has 3 aliphatic heterocycles. The van der Waals surface area contributed by atoms with Gasteiger partial charge in [-0.2, -0.15) is 9.78 Å². The topological polar surface area (TPSA) is 82.2 Å². The Hall–Kier alpha value is -2.91. The van der Waals surface area contributed by atoms with Gasteiger partial charge in [-0.3, -0.25) is 9.47 Å². The molecule has 1 fully saturated rings. The fourth-order valence-electron chi connectivity index (χ4n) is 3.92. The Morgan fingerprint density at radius 1 is 1.17 bits per heavy atom. The summed E-state index contributed by atoms with van der Waals surface area (Å²) in [7, 11) is 2.07. The van der Waals surface area contributed by atoms with Crippen molar-refractivity contribution >= 4 is 21.6 Å². The van der Waals surface area contributed by atoms with E-state index in [-0.39, 0.29) is 11.4 Å². The zero-order chi connectivity index (χ0) is 20.1. The molecule has 3 aliphatic rings. The molecule has 0 atom stereocenters. The standard InChI is InChI=1S/C20H22N6O2S/c1-3-15-18-14(12-17(27)26(15)24-10-8-23(2)9-11-24)22-25(19(18)28)20-21-13-6-4-5-7-16(13)29-20/h4-7,12,27H,3,8-11H2,1-2H3/p-1. The third kappa shape index (κ3) is 2.89. The molecule has 0 unspecified atom stereocenters. The van der Waals surface area contributed by atoms with Crippen LogP contribution in [0.4, 0.5) is 0 Å². The number of piperazine rings is 1. The van der Waals surface area contributed by atoms with E-state index in [0.717, 1.165) is 42.1 Å². The Balaban J connectivity index is 1.69. The lowest BCUT2D eigenvalue weighted by Gasteiger charge is -2.40. The quantitative estimate of drug-likeness (QED) is 0.507. The van der Waals surface area contributed by atoms with Crippen LogP contribution >= 0.6 is 11.3 Å². The molecule has 9 heteroatoms. The van der Waals surface area contributed by atoms with Gasteiger partial charge in [0.05, 0.1) is 27.2 Å². The van der Waals surface area contributed by atoms with E-state index >= 15 is 0 Å². The molecule has 5 rings (SSSR count). The fraction of sp³-hybridized carbons (Fsp3) is 0.350. The van der Waals surface area contributed by atoms with Crippen LogP contribution in [-0.2, 0) is 6.42 Å². The summed E-state index contributed by atoms with van der Waals surface area (Å²) in [6.45, 7) is 5.21. The molecular formula is C20H21N6O2S-. The van der Waals surface area contributed by atoms with E-state index in [9.17, 15) is 9.90 Å². The van der Waals surface area contributed by atoms with Gasteiger partial charge in [0, 0.05) is 26.2 Å². The molecule has 0 aliphatic carbocycles. The number of hydrogen-bond acceptors (Lipinski definition) is 7. The molecule has 0 spiro atoms. The number of thiazole rings is 1. The second-order valence-electron chi connectivity index (χ2n) is 7.29. The zero-order valence-electron chi connectivity index (χ0n) is 16.3. The van der Waals surface area contributed by atoms with Crippen molar-refractivity contribution in [1.29, 1.82) is 0 Å². The van der Waals surface area contributed by atoms with Gasteiger partial charge < -0.3 is 15.0 Å². The maximum Gasteiger partial charge on any atom is 0.284 e. The lowest BCUT2D eigenvalue weighted by Crippen LogP contribution is -2.51. The molecule has 0 saturated carbocycles. The molecule has 4 heterocycles. The average Bonchev–Trinajstić information content (AvgIpc) is 3.29. The van der Waals surface area contributed by atoms with Crippen LogP contribution in [0.5, 0.6) is 5.88 Å². The number of pyridine rings is 1. The normalized spacial score (nSPS) is 15.6. The monoisotopic (exact) mass is 409 g/mol. The number of rotatable bonds is 3. The molecule has 0 bridgehead atoms. The highest BCUT2D eigenvalue weighted by atomic mass is 32.1. The Labute approximate surface area is 171 Å². The van der Waals surface area contributed by atoms with E-state index in [1.165, 1.54) is 22.1 Å². The zero-order valence-corrected chi connectivity index (χ0v) is 17.1. The van der Waals surface area contributed by atoms with E-state index in [4.69, 9.17) is 0 Å².